The van der Waals surface area contributed by atoms with Gasteiger partial charge in [-0.2, -0.15) is 0 Å². The van der Waals surface area contributed by atoms with E-state index in [0.29, 0.717) is 21.2 Å². The van der Waals surface area contributed by atoms with Gasteiger partial charge in [0.2, 0.25) is 5.91 Å². The molecule has 9 nitrogen and oxygen atoms in total. The number of hydrogen-bond acceptors (Lipinski definition) is 8. The third-order valence-electron chi connectivity index (χ3n) is 4.71. The number of ether oxygens (including phenoxy) is 1. The molecule has 3 N–H and O–H groups in total. The minimum Gasteiger partial charge on any atom is -0.508 e. The Morgan fingerprint density at radius 1 is 1.12 bits per heavy atom. The van der Waals surface area contributed by atoms with E-state index in [1.54, 1.807) is 30.3 Å². The van der Waals surface area contributed by atoms with Crippen molar-refractivity contribution in [2.24, 2.45) is 0 Å². The molecule has 0 aliphatic carbocycles. The topological polar surface area (TPSA) is 125 Å². The van der Waals surface area contributed by atoms with Gasteiger partial charge >= 0.3 is 5.97 Å². The van der Waals surface area contributed by atoms with Crippen molar-refractivity contribution in [3.63, 3.8) is 0 Å². The Hall–Kier alpha value is -3.70. The normalized spacial score (nSPS) is 14.3. The number of benzene rings is 2. The fourth-order valence-corrected chi connectivity index (χ4v) is 4.29. The van der Waals surface area contributed by atoms with Crippen LogP contribution in [0.2, 0.25) is 0 Å². The Morgan fingerprint density at radius 3 is 2.53 bits per heavy atom. The molecule has 34 heavy (non-hydrogen) atoms. The number of hydrazine groups is 1. The number of nitrogens with zero attached hydrogens (tertiary/aromatic N) is 1. The molecular weight excluding hydrogens is 478 g/mol. The minimum atomic E-state index is -0.564. The van der Waals surface area contributed by atoms with Gasteiger partial charge in [0.1, 0.15) is 10.1 Å². The van der Waals surface area contributed by atoms with Crippen LogP contribution >= 0.6 is 24.0 Å². The number of thioether (sulfide) groups is 1. The van der Waals surface area contributed by atoms with E-state index in [9.17, 15) is 24.3 Å². The third-order valence-corrected chi connectivity index (χ3v) is 6.09. The summed E-state index contributed by atoms with van der Waals surface area (Å²) in [6, 6.07) is 12.3. The van der Waals surface area contributed by atoms with E-state index in [1.165, 1.54) is 36.3 Å². The standard InChI is InChI=1S/C23H21N3O6S2/c1-32-22(31)15-9-7-14(8-10-15)12-18-21(30)26(23(33)34-18)11-3-6-19(28)24-25-20(29)16-4-2-5-17(27)13-16/h2,4-5,7-10,12-13,27H,3,6,11H2,1H3,(H,24,28)(H,25,29). The molecule has 1 heterocycles. The molecule has 1 fully saturated rings. The maximum atomic E-state index is 12.7. The van der Waals surface area contributed by atoms with Crippen LogP contribution in [-0.4, -0.2) is 51.7 Å². The SMILES string of the molecule is COC(=O)c1ccc(C=C2SC(=S)N(CCCC(=O)NNC(=O)c3cccc(O)c3)C2=O)cc1. The van der Waals surface area contributed by atoms with Crippen molar-refractivity contribution in [1.82, 2.24) is 15.8 Å². The van der Waals surface area contributed by atoms with Crippen LogP contribution in [0.15, 0.2) is 53.4 Å². The molecule has 1 aliphatic heterocycles. The molecule has 176 valence electrons. The zero-order chi connectivity index (χ0) is 24.7. The van der Waals surface area contributed by atoms with Crippen molar-refractivity contribution < 1.29 is 29.0 Å². The molecule has 2 aromatic carbocycles. The molecule has 3 rings (SSSR count). The van der Waals surface area contributed by atoms with Gasteiger partial charge < -0.3 is 9.84 Å². The van der Waals surface area contributed by atoms with Crippen LogP contribution in [0.1, 0.15) is 39.1 Å². The lowest BCUT2D eigenvalue weighted by atomic mass is 10.1. The van der Waals surface area contributed by atoms with Crippen LogP contribution in [0.25, 0.3) is 6.08 Å². The van der Waals surface area contributed by atoms with E-state index in [-0.39, 0.29) is 30.2 Å². The first kappa shape index (κ1) is 24.9. The second kappa shape index (κ2) is 11.4. The summed E-state index contributed by atoms with van der Waals surface area (Å²) in [5, 5.41) is 9.41. The van der Waals surface area contributed by atoms with Gasteiger partial charge in [0.05, 0.1) is 17.6 Å². The Balaban J connectivity index is 1.47. The van der Waals surface area contributed by atoms with Crippen LogP contribution in [0.4, 0.5) is 0 Å². The zero-order valence-corrected chi connectivity index (χ0v) is 19.7. The van der Waals surface area contributed by atoms with Crippen molar-refractivity contribution in [3.05, 3.63) is 70.1 Å². The molecule has 1 aliphatic rings. The first-order valence-electron chi connectivity index (χ1n) is 10.1. The number of esters is 1. The summed E-state index contributed by atoms with van der Waals surface area (Å²) in [5.74, 6) is -1.76. The Kier molecular flexibility index (Phi) is 8.39. The summed E-state index contributed by atoms with van der Waals surface area (Å²) < 4.78 is 5.05. The quantitative estimate of drug-likeness (QED) is 0.230. The zero-order valence-electron chi connectivity index (χ0n) is 18.1. The Labute approximate surface area is 205 Å². The van der Waals surface area contributed by atoms with Crippen LogP contribution in [0, 0.1) is 0 Å². The monoisotopic (exact) mass is 499 g/mol. The number of rotatable bonds is 7. The molecule has 0 saturated carbocycles. The van der Waals surface area contributed by atoms with Gasteiger partial charge in [-0.3, -0.25) is 30.1 Å². The number of thiocarbonyl (C=S) groups is 1. The highest BCUT2D eigenvalue weighted by molar-refractivity contribution is 8.26. The number of carbonyl (C=O) groups is 4. The maximum absolute atomic E-state index is 12.7. The highest BCUT2D eigenvalue weighted by Gasteiger charge is 2.31. The van der Waals surface area contributed by atoms with E-state index < -0.39 is 17.8 Å². The van der Waals surface area contributed by atoms with Crippen molar-refractivity contribution in [2.75, 3.05) is 13.7 Å². The average molecular weight is 500 g/mol. The van der Waals surface area contributed by atoms with Gasteiger partial charge in [0, 0.05) is 18.5 Å². The molecular formula is C23H21N3O6S2. The summed E-state index contributed by atoms with van der Waals surface area (Å²) in [7, 11) is 1.30. The number of amides is 3. The predicted octanol–water partition coefficient (Wildman–Crippen LogP) is 2.62. The summed E-state index contributed by atoms with van der Waals surface area (Å²) in [6.45, 7) is 0.247. The highest BCUT2D eigenvalue weighted by atomic mass is 32.2. The fraction of sp³-hybridized carbons (Fsp3) is 0.174. The molecule has 1 saturated heterocycles. The number of hydrogen-bond donors (Lipinski definition) is 3. The molecule has 0 aromatic heterocycles. The lowest BCUT2D eigenvalue weighted by Crippen LogP contribution is -2.41. The number of methoxy groups -OCH3 is 1. The predicted molar refractivity (Wildman–Crippen MR) is 131 cm³/mol. The van der Waals surface area contributed by atoms with Gasteiger partial charge in [0.25, 0.3) is 11.8 Å². The number of nitrogens with one attached hydrogen (secondary N) is 2. The van der Waals surface area contributed by atoms with E-state index >= 15 is 0 Å². The lowest BCUT2D eigenvalue weighted by Gasteiger charge is -2.14. The smallest absolute Gasteiger partial charge is 0.337 e. The van der Waals surface area contributed by atoms with Crippen molar-refractivity contribution in [3.8, 4) is 5.75 Å². The van der Waals surface area contributed by atoms with Crippen LogP contribution in [0.3, 0.4) is 0 Å². The fourth-order valence-electron chi connectivity index (χ4n) is 2.98. The van der Waals surface area contributed by atoms with Crippen LogP contribution < -0.4 is 10.9 Å². The molecule has 0 atom stereocenters. The third kappa shape index (κ3) is 6.42. The lowest BCUT2D eigenvalue weighted by molar-refractivity contribution is -0.124. The highest BCUT2D eigenvalue weighted by Crippen LogP contribution is 2.32. The van der Waals surface area contributed by atoms with E-state index in [2.05, 4.69) is 15.6 Å². The number of aromatic hydroxyl groups is 1. The van der Waals surface area contributed by atoms with Crippen molar-refractivity contribution in [1.29, 1.82) is 0 Å². The van der Waals surface area contributed by atoms with Gasteiger partial charge in [-0.05, 0) is 48.4 Å². The first-order valence-corrected chi connectivity index (χ1v) is 11.3. The van der Waals surface area contributed by atoms with Gasteiger partial charge in [-0.1, -0.05) is 42.2 Å². The summed E-state index contributed by atoms with van der Waals surface area (Å²) in [5.41, 5.74) is 5.91. The molecule has 11 heteroatoms. The Morgan fingerprint density at radius 2 is 1.85 bits per heavy atom. The largest absolute Gasteiger partial charge is 0.508 e. The van der Waals surface area contributed by atoms with Gasteiger partial charge in [0.15, 0.2) is 0 Å². The molecule has 0 unspecified atom stereocenters. The first-order chi connectivity index (χ1) is 16.3. The van der Waals surface area contributed by atoms with Crippen LogP contribution in [0.5, 0.6) is 5.75 Å². The maximum Gasteiger partial charge on any atom is 0.337 e. The second-order valence-electron chi connectivity index (χ2n) is 7.10. The minimum absolute atomic E-state index is 0.0604. The molecule has 0 bridgehead atoms. The van der Waals surface area contributed by atoms with E-state index in [1.807, 2.05) is 0 Å². The van der Waals surface area contributed by atoms with Crippen molar-refractivity contribution in [2.45, 2.75) is 12.8 Å². The summed E-state index contributed by atoms with van der Waals surface area (Å²) >= 11 is 6.46. The summed E-state index contributed by atoms with van der Waals surface area (Å²) in [6.07, 6.45) is 2.08. The van der Waals surface area contributed by atoms with Gasteiger partial charge in [-0.15, -0.1) is 0 Å². The Bertz CT molecular complexity index is 1160. The molecule has 0 radical (unpaired) electrons. The van der Waals surface area contributed by atoms with Gasteiger partial charge in [-0.25, -0.2) is 4.79 Å². The molecule has 0 spiro atoms. The number of phenols is 1. The number of carbonyl (C=O) groups excluding carboxylic acids is 4. The average Bonchev–Trinajstić information content (AvgIpc) is 3.09. The summed E-state index contributed by atoms with van der Waals surface area (Å²) in [4.78, 5) is 50.1. The van der Waals surface area contributed by atoms with E-state index in [0.717, 1.165) is 17.3 Å². The van der Waals surface area contributed by atoms with Crippen molar-refractivity contribution >= 4 is 58.1 Å². The van der Waals surface area contributed by atoms with E-state index in [4.69, 9.17) is 12.2 Å². The van der Waals surface area contributed by atoms with Crippen LogP contribution in [-0.2, 0) is 14.3 Å². The molecule has 3 amide bonds. The molecule has 2 aromatic rings. The number of phenolic OH excluding ortho intramolecular Hbond substituents is 1. The second-order valence-corrected chi connectivity index (χ2v) is 8.78.